The molecule has 4 aromatic carbocycles. The fourth-order valence-corrected chi connectivity index (χ4v) is 6.21. The van der Waals surface area contributed by atoms with Crippen LogP contribution in [0.4, 0.5) is 0 Å². The Balaban J connectivity index is 1.36. The monoisotopic (exact) mass is 606 g/mol. The van der Waals surface area contributed by atoms with Crippen molar-refractivity contribution >= 4 is 34.7 Å². The van der Waals surface area contributed by atoms with Crippen molar-refractivity contribution in [1.29, 1.82) is 0 Å². The molecule has 44 heavy (non-hydrogen) atoms. The highest BCUT2D eigenvalue weighted by Crippen LogP contribution is 2.27. The van der Waals surface area contributed by atoms with Gasteiger partial charge in [0.15, 0.2) is 11.2 Å². The molecule has 2 atom stereocenters. The van der Waals surface area contributed by atoms with E-state index >= 15 is 0 Å². The average molecular weight is 607 g/mol. The average Bonchev–Trinajstić information content (AvgIpc) is 3.16. The Morgan fingerprint density at radius 3 is 1.95 bits per heavy atom. The van der Waals surface area contributed by atoms with Crippen LogP contribution in [0.3, 0.4) is 0 Å². The summed E-state index contributed by atoms with van der Waals surface area (Å²) in [4.78, 5) is 54.4. The van der Waals surface area contributed by atoms with Crippen LogP contribution in [-0.2, 0) is 43.3 Å². The Hall–Kier alpha value is -4.69. The Labute approximate surface area is 261 Å². The highest BCUT2D eigenvalue weighted by atomic mass is 32.2. The molecule has 224 valence electrons. The molecule has 0 radical (unpaired) electrons. The standard InChI is InChI=1S/C36H34N2O5S/c1-25(39)44-32(21-26-13-5-2-6-14-26)35(41)37-31-22-29-19-11-12-20-30(29)23-38(36(31)42)24-33(40)43-34(27-15-7-3-8-16-27)28-17-9-4-10-18-28/h2-20,31-32,34H,21-24H2,1H3,(H,37,41)/t31-,32-/m0/s1. The second kappa shape index (κ2) is 14.7. The van der Waals surface area contributed by atoms with Crippen molar-refractivity contribution in [2.24, 2.45) is 0 Å². The molecule has 5 rings (SSSR count). The molecular weight excluding hydrogens is 572 g/mol. The van der Waals surface area contributed by atoms with Gasteiger partial charge in [-0.25, -0.2) is 0 Å². The fraction of sp³-hybridized carbons (Fsp3) is 0.222. The Morgan fingerprint density at radius 1 is 0.818 bits per heavy atom. The first-order valence-electron chi connectivity index (χ1n) is 14.5. The number of nitrogens with one attached hydrogen (secondary N) is 1. The van der Waals surface area contributed by atoms with Gasteiger partial charge >= 0.3 is 5.97 Å². The van der Waals surface area contributed by atoms with E-state index in [0.29, 0.717) is 6.42 Å². The summed E-state index contributed by atoms with van der Waals surface area (Å²) in [7, 11) is 0. The molecule has 0 aliphatic carbocycles. The number of amides is 2. The Morgan fingerprint density at radius 2 is 1.36 bits per heavy atom. The van der Waals surface area contributed by atoms with Gasteiger partial charge in [0.05, 0.1) is 5.25 Å². The first-order valence-corrected chi connectivity index (χ1v) is 15.4. The number of ether oxygens (including phenoxy) is 1. The predicted octanol–water partition coefficient (Wildman–Crippen LogP) is 5.28. The third kappa shape index (κ3) is 8.02. The van der Waals surface area contributed by atoms with E-state index < -0.39 is 29.3 Å². The van der Waals surface area contributed by atoms with Gasteiger partial charge < -0.3 is 15.0 Å². The SMILES string of the molecule is CC(=O)S[C@@H](Cc1ccccc1)C(=O)N[C@H]1Cc2ccccc2CN(CC(=O)OC(c2ccccc2)c2ccccc2)C1=O. The molecule has 1 N–H and O–H groups in total. The lowest BCUT2D eigenvalue weighted by Crippen LogP contribution is -2.51. The summed E-state index contributed by atoms with van der Waals surface area (Å²) in [6.07, 6.45) is -0.0339. The summed E-state index contributed by atoms with van der Waals surface area (Å²) < 4.78 is 6.01. The molecule has 1 heterocycles. The van der Waals surface area contributed by atoms with E-state index in [1.54, 1.807) is 0 Å². The fourth-order valence-electron chi connectivity index (χ4n) is 5.36. The number of esters is 1. The number of carbonyl (C=O) groups is 4. The number of thioether (sulfide) groups is 1. The summed E-state index contributed by atoms with van der Waals surface area (Å²) in [5.74, 6) is -1.34. The number of hydrogen-bond acceptors (Lipinski definition) is 6. The second-order valence-corrected chi connectivity index (χ2v) is 12.1. The van der Waals surface area contributed by atoms with E-state index in [9.17, 15) is 19.2 Å². The zero-order valence-corrected chi connectivity index (χ0v) is 25.2. The number of hydrogen-bond donors (Lipinski definition) is 1. The minimum absolute atomic E-state index is 0.186. The van der Waals surface area contributed by atoms with Gasteiger partial charge in [-0.05, 0) is 34.2 Å². The molecule has 0 bridgehead atoms. The van der Waals surface area contributed by atoms with Crippen molar-refractivity contribution in [3.8, 4) is 0 Å². The number of nitrogens with zero attached hydrogens (tertiary/aromatic N) is 1. The highest BCUT2D eigenvalue weighted by molar-refractivity contribution is 8.14. The molecule has 1 aliphatic rings. The smallest absolute Gasteiger partial charge is 0.326 e. The normalized spacial score (nSPS) is 15.2. The number of benzene rings is 4. The van der Waals surface area contributed by atoms with Crippen molar-refractivity contribution < 1.29 is 23.9 Å². The van der Waals surface area contributed by atoms with Crippen molar-refractivity contribution in [1.82, 2.24) is 10.2 Å². The predicted molar refractivity (Wildman–Crippen MR) is 171 cm³/mol. The molecule has 0 saturated heterocycles. The molecule has 8 heteroatoms. The van der Waals surface area contributed by atoms with Crippen LogP contribution in [0.5, 0.6) is 0 Å². The minimum Gasteiger partial charge on any atom is -0.451 e. The molecule has 0 fully saturated rings. The summed E-state index contributed by atoms with van der Waals surface area (Å²) in [6.45, 7) is 1.34. The summed E-state index contributed by atoms with van der Waals surface area (Å²) in [5, 5.41) is 2.02. The summed E-state index contributed by atoms with van der Waals surface area (Å²) in [5.41, 5.74) is 4.35. The van der Waals surface area contributed by atoms with Crippen LogP contribution in [0.25, 0.3) is 0 Å². The minimum atomic E-state index is -0.913. The maximum Gasteiger partial charge on any atom is 0.326 e. The van der Waals surface area contributed by atoms with Crippen LogP contribution in [0, 0.1) is 0 Å². The maximum absolute atomic E-state index is 13.9. The number of carbonyl (C=O) groups excluding carboxylic acids is 4. The number of rotatable bonds is 10. The van der Waals surface area contributed by atoms with Gasteiger partial charge in [-0.15, -0.1) is 0 Å². The maximum atomic E-state index is 13.9. The molecule has 4 aromatic rings. The molecule has 0 unspecified atom stereocenters. The lowest BCUT2D eigenvalue weighted by molar-refractivity contribution is -0.153. The van der Waals surface area contributed by atoms with Gasteiger partial charge in [0.1, 0.15) is 12.6 Å². The molecule has 0 saturated carbocycles. The van der Waals surface area contributed by atoms with Gasteiger partial charge in [-0.1, -0.05) is 127 Å². The van der Waals surface area contributed by atoms with E-state index in [-0.39, 0.29) is 30.5 Å². The van der Waals surface area contributed by atoms with Crippen molar-refractivity contribution in [3.63, 3.8) is 0 Å². The van der Waals surface area contributed by atoms with Crippen molar-refractivity contribution in [2.45, 2.75) is 43.7 Å². The topological polar surface area (TPSA) is 92.8 Å². The highest BCUT2D eigenvalue weighted by Gasteiger charge is 2.34. The second-order valence-electron chi connectivity index (χ2n) is 10.7. The molecule has 0 aromatic heterocycles. The zero-order chi connectivity index (χ0) is 30.9. The van der Waals surface area contributed by atoms with E-state index in [4.69, 9.17) is 4.74 Å². The van der Waals surface area contributed by atoms with E-state index in [1.807, 2.05) is 115 Å². The molecule has 1 aliphatic heterocycles. The van der Waals surface area contributed by atoms with Gasteiger partial charge in [-0.2, -0.15) is 0 Å². The Bertz CT molecular complexity index is 1560. The Kier molecular flexibility index (Phi) is 10.2. The van der Waals surface area contributed by atoms with Crippen LogP contribution in [0.1, 0.15) is 40.8 Å². The van der Waals surface area contributed by atoms with Crippen molar-refractivity contribution in [3.05, 3.63) is 143 Å². The van der Waals surface area contributed by atoms with Gasteiger partial charge in [0.25, 0.3) is 0 Å². The summed E-state index contributed by atoms with van der Waals surface area (Å²) in [6, 6.07) is 35.1. The van der Waals surface area contributed by atoms with Crippen LogP contribution in [0.2, 0.25) is 0 Å². The van der Waals surface area contributed by atoms with Crippen LogP contribution >= 0.6 is 11.8 Å². The van der Waals surface area contributed by atoms with Crippen LogP contribution in [0.15, 0.2) is 115 Å². The first-order chi connectivity index (χ1) is 21.4. The summed E-state index contributed by atoms with van der Waals surface area (Å²) >= 11 is 0.947. The molecule has 7 nitrogen and oxygen atoms in total. The van der Waals surface area contributed by atoms with E-state index in [1.165, 1.54) is 11.8 Å². The molecule has 0 spiro atoms. The third-order valence-electron chi connectivity index (χ3n) is 7.47. The van der Waals surface area contributed by atoms with E-state index in [0.717, 1.165) is 39.6 Å². The van der Waals surface area contributed by atoms with Gasteiger partial charge in [0.2, 0.25) is 11.8 Å². The van der Waals surface area contributed by atoms with Crippen molar-refractivity contribution in [2.75, 3.05) is 6.54 Å². The number of fused-ring (bicyclic) bond motifs is 1. The van der Waals surface area contributed by atoms with Gasteiger partial charge in [0, 0.05) is 19.9 Å². The first kappa shape index (κ1) is 30.8. The third-order valence-corrected chi connectivity index (χ3v) is 8.47. The zero-order valence-electron chi connectivity index (χ0n) is 24.4. The lowest BCUT2D eigenvalue weighted by atomic mass is 10.0. The van der Waals surface area contributed by atoms with Gasteiger partial charge in [-0.3, -0.25) is 19.2 Å². The van der Waals surface area contributed by atoms with Crippen LogP contribution < -0.4 is 5.32 Å². The molecular formula is C36H34N2O5S. The van der Waals surface area contributed by atoms with E-state index in [2.05, 4.69) is 5.32 Å². The quantitative estimate of drug-likeness (QED) is 0.247. The molecule has 2 amide bonds. The lowest BCUT2D eigenvalue weighted by Gasteiger charge is -2.26. The van der Waals surface area contributed by atoms with Crippen LogP contribution in [-0.4, -0.2) is 45.6 Å². The largest absolute Gasteiger partial charge is 0.451 e.